The van der Waals surface area contributed by atoms with Gasteiger partial charge in [-0.3, -0.25) is 0 Å². The minimum atomic E-state index is -0.157. The van der Waals surface area contributed by atoms with Crippen LogP contribution in [0.25, 0.3) is 0 Å². The lowest BCUT2D eigenvalue weighted by atomic mass is 10.2. The maximum atomic E-state index is 11.7. The standard InChI is InChI=1S/C13H17N3O/c1-11(8-14)10-16(2)13(17)15-9-12-6-4-3-5-7-12/h3-7,11H,9-10H2,1-2H3,(H,15,17). The Morgan fingerprint density at radius 2 is 2.12 bits per heavy atom. The largest absolute Gasteiger partial charge is 0.334 e. The molecule has 90 valence electrons. The molecule has 1 rings (SSSR count). The predicted molar refractivity (Wildman–Crippen MR) is 66.1 cm³/mol. The van der Waals surface area contributed by atoms with Crippen molar-refractivity contribution in [2.45, 2.75) is 13.5 Å². The summed E-state index contributed by atoms with van der Waals surface area (Å²) in [5.74, 6) is -0.150. The summed E-state index contributed by atoms with van der Waals surface area (Å²) >= 11 is 0. The van der Waals surface area contributed by atoms with E-state index in [0.717, 1.165) is 5.56 Å². The Kier molecular flexibility index (Phi) is 5.02. The number of rotatable bonds is 4. The Labute approximate surface area is 102 Å². The van der Waals surface area contributed by atoms with Gasteiger partial charge in [-0.05, 0) is 12.5 Å². The van der Waals surface area contributed by atoms with Crippen molar-refractivity contribution in [3.05, 3.63) is 35.9 Å². The van der Waals surface area contributed by atoms with Crippen molar-refractivity contribution >= 4 is 6.03 Å². The first kappa shape index (κ1) is 13.0. The fraction of sp³-hybridized carbons (Fsp3) is 0.385. The van der Waals surface area contributed by atoms with Crippen molar-refractivity contribution in [3.63, 3.8) is 0 Å². The third-order valence-corrected chi connectivity index (χ3v) is 2.40. The van der Waals surface area contributed by atoms with Crippen LogP contribution in [0.15, 0.2) is 30.3 Å². The predicted octanol–water partition coefficient (Wildman–Crippen LogP) is 1.99. The summed E-state index contributed by atoms with van der Waals surface area (Å²) in [7, 11) is 1.69. The van der Waals surface area contributed by atoms with Crippen LogP contribution >= 0.6 is 0 Å². The highest BCUT2D eigenvalue weighted by Crippen LogP contribution is 1.99. The van der Waals surface area contributed by atoms with Crippen LogP contribution in [-0.4, -0.2) is 24.5 Å². The molecule has 0 aliphatic rings. The normalized spacial score (nSPS) is 11.4. The van der Waals surface area contributed by atoms with Gasteiger partial charge in [0.15, 0.2) is 0 Å². The molecule has 1 atom stereocenters. The number of nitriles is 1. The number of carbonyl (C=O) groups is 1. The fourth-order valence-corrected chi connectivity index (χ4v) is 1.44. The van der Waals surface area contributed by atoms with E-state index in [4.69, 9.17) is 5.26 Å². The number of benzene rings is 1. The van der Waals surface area contributed by atoms with E-state index in [1.54, 1.807) is 14.0 Å². The zero-order chi connectivity index (χ0) is 12.7. The van der Waals surface area contributed by atoms with Crippen molar-refractivity contribution in [1.29, 1.82) is 5.26 Å². The summed E-state index contributed by atoms with van der Waals surface area (Å²) in [6, 6.07) is 11.7. The van der Waals surface area contributed by atoms with Gasteiger partial charge in [-0.15, -0.1) is 0 Å². The molecule has 0 bridgehead atoms. The summed E-state index contributed by atoms with van der Waals surface area (Å²) in [5.41, 5.74) is 1.06. The molecule has 17 heavy (non-hydrogen) atoms. The molecule has 0 aliphatic heterocycles. The molecular formula is C13H17N3O. The van der Waals surface area contributed by atoms with E-state index < -0.39 is 0 Å². The zero-order valence-electron chi connectivity index (χ0n) is 10.2. The molecule has 1 unspecified atom stereocenters. The molecule has 0 aliphatic carbocycles. The number of carbonyl (C=O) groups excluding carboxylic acids is 1. The average molecular weight is 231 g/mol. The second kappa shape index (κ2) is 6.54. The van der Waals surface area contributed by atoms with Gasteiger partial charge >= 0.3 is 6.03 Å². The minimum absolute atomic E-state index is 0.150. The first-order valence-electron chi connectivity index (χ1n) is 5.56. The number of nitrogens with zero attached hydrogens (tertiary/aromatic N) is 2. The van der Waals surface area contributed by atoms with Gasteiger partial charge in [-0.2, -0.15) is 5.26 Å². The molecular weight excluding hydrogens is 214 g/mol. The Balaban J connectivity index is 2.37. The molecule has 0 aromatic heterocycles. The SMILES string of the molecule is CC(C#N)CN(C)C(=O)NCc1ccccc1. The van der Waals surface area contributed by atoms with Crippen LogP contribution in [0.1, 0.15) is 12.5 Å². The van der Waals surface area contributed by atoms with Crippen LogP contribution in [0.2, 0.25) is 0 Å². The van der Waals surface area contributed by atoms with E-state index in [2.05, 4.69) is 11.4 Å². The van der Waals surface area contributed by atoms with Gasteiger partial charge in [0.25, 0.3) is 0 Å². The highest BCUT2D eigenvalue weighted by molar-refractivity contribution is 5.73. The van der Waals surface area contributed by atoms with Gasteiger partial charge in [0.05, 0.1) is 12.0 Å². The third kappa shape index (κ3) is 4.56. The number of urea groups is 1. The Hall–Kier alpha value is -2.02. The van der Waals surface area contributed by atoms with E-state index in [0.29, 0.717) is 13.1 Å². The van der Waals surface area contributed by atoms with Crippen molar-refractivity contribution in [1.82, 2.24) is 10.2 Å². The van der Waals surface area contributed by atoms with Gasteiger partial charge in [-0.25, -0.2) is 4.79 Å². The average Bonchev–Trinajstić information content (AvgIpc) is 2.36. The molecule has 2 amide bonds. The molecule has 0 fully saturated rings. The minimum Gasteiger partial charge on any atom is -0.334 e. The van der Waals surface area contributed by atoms with Crippen molar-refractivity contribution in [2.75, 3.05) is 13.6 Å². The molecule has 1 aromatic carbocycles. The summed E-state index contributed by atoms with van der Waals surface area (Å²) in [6.07, 6.45) is 0. The number of hydrogen-bond donors (Lipinski definition) is 1. The first-order chi connectivity index (χ1) is 8.13. The molecule has 0 spiro atoms. The van der Waals surface area contributed by atoms with Crippen LogP contribution in [0, 0.1) is 17.2 Å². The number of nitrogens with one attached hydrogen (secondary N) is 1. The van der Waals surface area contributed by atoms with E-state index in [1.807, 2.05) is 30.3 Å². The fourth-order valence-electron chi connectivity index (χ4n) is 1.44. The number of amides is 2. The smallest absolute Gasteiger partial charge is 0.317 e. The molecule has 0 saturated heterocycles. The Bertz CT molecular complexity index is 397. The van der Waals surface area contributed by atoms with Crippen molar-refractivity contribution in [2.24, 2.45) is 5.92 Å². The van der Waals surface area contributed by atoms with Crippen molar-refractivity contribution in [3.8, 4) is 6.07 Å². The molecule has 4 heteroatoms. The number of hydrogen-bond acceptors (Lipinski definition) is 2. The monoisotopic (exact) mass is 231 g/mol. The van der Waals surface area contributed by atoms with E-state index in [1.165, 1.54) is 4.90 Å². The van der Waals surface area contributed by atoms with Crippen LogP contribution in [0.3, 0.4) is 0 Å². The van der Waals surface area contributed by atoms with Crippen LogP contribution in [-0.2, 0) is 6.54 Å². The lowest BCUT2D eigenvalue weighted by molar-refractivity contribution is 0.205. The third-order valence-electron chi connectivity index (χ3n) is 2.40. The Morgan fingerprint density at radius 3 is 2.71 bits per heavy atom. The van der Waals surface area contributed by atoms with Crippen LogP contribution in [0.4, 0.5) is 4.79 Å². The van der Waals surface area contributed by atoms with E-state index in [-0.39, 0.29) is 11.9 Å². The lowest BCUT2D eigenvalue weighted by Crippen LogP contribution is -2.38. The van der Waals surface area contributed by atoms with Gasteiger partial charge in [0.2, 0.25) is 0 Å². The highest BCUT2D eigenvalue weighted by Gasteiger charge is 2.11. The zero-order valence-corrected chi connectivity index (χ0v) is 10.2. The summed E-state index contributed by atoms with van der Waals surface area (Å²) < 4.78 is 0. The Morgan fingerprint density at radius 1 is 1.47 bits per heavy atom. The quantitative estimate of drug-likeness (QED) is 0.861. The van der Waals surface area contributed by atoms with Gasteiger partial charge in [-0.1, -0.05) is 30.3 Å². The van der Waals surface area contributed by atoms with Crippen LogP contribution in [0.5, 0.6) is 0 Å². The topological polar surface area (TPSA) is 56.1 Å². The molecule has 4 nitrogen and oxygen atoms in total. The van der Waals surface area contributed by atoms with E-state index in [9.17, 15) is 4.79 Å². The summed E-state index contributed by atoms with van der Waals surface area (Å²) in [4.78, 5) is 13.2. The molecule has 1 aromatic rings. The van der Waals surface area contributed by atoms with Gasteiger partial charge in [0, 0.05) is 20.1 Å². The maximum Gasteiger partial charge on any atom is 0.317 e. The van der Waals surface area contributed by atoms with Gasteiger partial charge in [0.1, 0.15) is 0 Å². The summed E-state index contributed by atoms with van der Waals surface area (Å²) in [6.45, 7) is 2.74. The first-order valence-corrected chi connectivity index (χ1v) is 5.56. The highest BCUT2D eigenvalue weighted by atomic mass is 16.2. The molecule has 0 saturated carbocycles. The lowest BCUT2D eigenvalue weighted by Gasteiger charge is -2.18. The van der Waals surface area contributed by atoms with Crippen molar-refractivity contribution < 1.29 is 4.79 Å². The summed E-state index contributed by atoms with van der Waals surface area (Å²) in [5, 5.41) is 11.5. The maximum absolute atomic E-state index is 11.7. The molecule has 0 heterocycles. The molecule has 1 N–H and O–H groups in total. The van der Waals surface area contributed by atoms with Gasteiger partial charge < -0.3 is 10.2 Å². The second-order valence-corrected chi connectivity index (χ2v) is 4.05. The second-order valence-electron chi connectivity index (χ2n) is 4.05. The van der Waals surface area contributed by atoms with Crippen LogP contribution < -0.4 is 5.32 Å². The molecule has 0 radical (unpaired) electrons. The van der Waals surface area contributed by atoms with E-state index >= 15 is 0 Å².